The second-order valence-electron chi connectivity index (χ2n) is 9.48. The van der Waals surface area contributed by atoms with Gasteiger partial charge < -0.3 is 19.5 Å². The number of amides is 2. The fourth-order valence-electron chi connectivity index (χ4n) is 5.10. The van der Waals surface area contributed by atoms with Gasteiger partial charge in [0.05, 0.1) is 24.7 Å². The van der Waals surface area contributed by atoms with Crippen molar-refractivity contribution < 1.29 is 14.3 Å². The van der Waals surface area contributed by atoms with Crippen molar-refractivity contribution in [2.45, 2.75) is 32.4 Å². The Morgan fingerprint density at radius 3 is 2.73 bits per heavy atom. The predicted octanol–water partition coefficient (Wildman–Crippen LogP) is 3.85. The van der Waals surface area contributed by atoms with Gasteiger partial charge in [0, 0.05) is 79.2 Å². The SMILES string of the molecule is CC(=O)N1CCc2c(c(-c3cccc(C(=O)Nc4ccc(-n5ccnc5)cc4)c3)nn2C2CCOC2)C1. The summed E-state index contributed by atoms with van der Waals surface area (Å²) in [5.74, 6) is -0.138. The van der Waals surface area contributed by atoms with Crippen molar-refractivity contribution in [2.75, 3.05) is 25.1 Å². The first-order chi connectivity index (χ1) is 18.1. The zero-order valence-electron chi connectivity index (χ0n) is 20.6. The van der Waals surface area contributed by atoms with E-state index in [2.05, 4.69) is 15.0 Å². The lowest BCUT2D eigenvalue weighted by atomic mass is 9.99. The second kappa shape index (κ2) is 9.67. The van der Waals surface area contributed by atoms with Crippen LogP contribution in [0.4, 0.5) is 5.69 Å². The van der Waals surface area contributed by atoms with Crippen molar-refractivity contribution in [3.05, 3.63) is 84.1 Å². The monoisotopic (exact) mass is 496 g/mol. The Hall–Kier alpha value is -4.24. The normalized spacial score (nSPS) is 17.0. The number of rotatable bonds is 5. The Kier molecular flexibility index (Phi) is 6.05. The zero-order chi connectivity index (χ0) is 25.4. The Morgan fingerprint density at radius 1 is 1.14 bits per heavy atom. The summed E-state index contributed by atoms with van der Waals surface area (Å²) in [5.41, 5.74) is 6.12. The molecule has 0 bridgehead atoms. The maximum Gasteiger partial charge on any atom is 0.255 e. The number of carbonyl (C=O) groups excluding carboxylic acids is 2. The minimum atomic E-state index is -0.194. The molecule has 1 atom stereocenters. The summed E-state index contributed by atoms with van der Waals surface area (Å²) in [6.45, 7) is 4.18. The van der Waals surface area contributed by atoms with Crippen LogP contribution in [0, 0.1) is 0 Å². The van der Waals surface area contributed by atoms with E-state index in [0.29, 0.717) is 30.9 Å². The average Bonchev–Trinajstić information content (AvgIpc) is 3.70. The lowest BCUT2D eigenvalue weighted by molar-refractivity contribution is -0.129. The first kappa shape index (κ1) is 23.2. The minimum Gasteiger partial charge on any atom is -0.379 e. The highest BCUT2D eigenvalue weighted by Gasteiger charge is 2.30. The summed E-state index contributed by atoms with van der Waals surface area (Å²) >= 11 is 0. The van der Waals surface area contributed by atoms with E-state index in [1.807, 2.05) is 58.1 Å². The Labute approximate surface area is 214 Å². The molecule has 4 aromatic rings. The molecule has 6 rings (SSSR count). The van der Waals surface area contributed by atoms with Gasteiger partial charge in [0.2, 0.25) is 5.91 Å². The van der Waals surface area contributed by atoms with Crippen LogP contribution in [0.1, 0.15) is 41.0 Å². The number of ether oxygens (including phenoxy) is 1. The van der Waals surface area contributed by atoms with Crippen LogP contribution < -0.4 is 5.32 Å². The van der Waals surface area contributed by atoms with Crippen molar-refractivity contribution >= 4 is 17.5 Å². The van der Waals surface area contributed by atoms with Gasteiger partial charge in [-0.25, -0.2) is 4.98 Å². The molecule has 0 radical (unpaired) electrons. The molecule has 2 aromatic carbocycles. The van der Waals surface area contributed by atoms with Gasteiger partial charge in [-0.05, 0) is 42.8 Å². The van der Waals surface area contributed by atoms with Crippen LogP contribution in [0.25, 0.3) is 16.9 Å². The van der Waals surface area contributed by atoms with Crippen molar-refractivity contribution in [1.82, 2.24) is 24.2 Å². The fraction of sp³-hybridized carbons (Fsp3) is 0.286. The third kappa shape index (κ3) is 4.53. The first-order valence-electron chi connectivity index (χ1n) is 12.5. The smallest absolute Gasteiger partial charge is 0.255 e. The molecule has 2 aliphatic heterocycles. The minimum absolute atomic E-state index is 0.0562. The Bertz CT molecular complexity index is 1440. The molecule has 1 fully saturated rings. The highest BCUT2D eigenvalue weighted by molar-refractivity contribution is 6.05. The molecule has 4 heterocycles. The number of nitrogens with zero attached hydrogens (tertiary/aromatic N) is 5. The molecule has 0 saturated carbocycles. The van der Waals surface area contributed by atoms with E-state index >= 15 is 0 Å². The van der Waals surface area contributed by atoms with Gasteiger partial charge in [0.1, 0.15) is 0 Å². The molecular formula is C28H28N6O3. The lowest BCUT2D eigenvalue weighted by Crippen LogP contribution is -2.35. The molecule has 188 valence electrons. The second-order valence-corrected chi connectivity index (χ2v) is 9.48. The maximum absolute atomic E-state index is 13.1. The number of nitrogens with one attached hydrogen (secondary N) is 1. The van der Waals surface area contributed by atoms with Gasteiger partial charge in [-0.3, -0.25) is 14.3 Å². The summed E-state index contributed by atoms with van der Waals surface area (Å²) < 4.78 is 9.63. The van der Waals surface area contributed by atoms with Crippen LogP contribution in [0.2, 0.25) is 0 Å². The van der Waals surface area contributed by atoms with Crippen molar-refractivity contribution in [3.8, 4) is 16.9 Å². The number of anilines is 1. The van der Waals surface area contributed by atoms with Gasteiger partial charge >= 0.3 is 0 Å². The van der Waals surface area contributed by atoms with Crippen molar-refractivity contribution in [3.63, 3.8) is 0 Å². The van der Waals surface area contributed by atoms with Gasteiger partial charge in [0.15, 0.2) is 0 Å². The highest BCUT2D eigenvalue weighted by atomic mass is 16.5. The zero-order valence-corrected chi connectivity index (χ0v) is 20.6. The summed E-state index contributed by atoms with van der Waals surface area (Å²) in [7, 11) is 0. The molecule has 1 saturated heterocycles. The number of carbonyl (C=O) groups is 2. The maximum atomic E-state index is 13.1. The van der Waals surface area contributed by atoms with Crippen LogP contribution in [0.5, 0.6) is 0 Å². The van der Waals surface area contributed by atoms with E-state index in [-0.39, 0.29) is 17.9 Å². The van der Waals surface area contributed by atoms with Crippen molar-refractivity contribution in [2.24, 2.45) is 0 Å². The van der Waals surface area contributed by atoms with Gasteiger partial charge in [-0.15, -0.1) is 0 Å². The standard InChI is InChI=1S/C28H28N6O3/c1-19(35)32-12-9-26-25(16-32)27(31-34(26)24-10-14-37-17-24)20-3-2-4-21(15-20)28(36)30-22-5-7-23(8-6-22)33-13-11-29-18-33/h2-8,11,13,15,18,24H,9-10,12,14,16-17H2,1H3,(H,30,36). The molecule has 2 amide bonds. The molecule has 0 spiro atoms. The number of aromatic nitrogens is 4. The van der Waals surface area contributed by atoms with E-state index < -0.39 is 0 Å². The lowest BCUT2D eigenvalue weighted by Gasteiger charge is -2.27. The summed E-state index contributed by atoms with van der Waals surface area (Å²) in [5, 5.41) is 8.00. The summed E-state index contributed by atoms with van der Waals surface area (Å²) in [4.78, 5) is 31.2. The topological polar surface area (TPSA) is 94.3 Å². The fourth-order valence-corrected chi connectivity index (χ4v) is 5.10. The molecule has 9 nitrogen and oxygen atoms in total. The number of hydrogen-bond donors (Lipinski definition) is 1. The van der Waals surface area contributed by atoms with E-state index in [4.69, 9.17) is 9.84 Å². The van der Waals surface area contributed by atoms with Gasteiger partial charge in [-0.2, -0.15) is 5.10 Å². The van der Waals surface area contributed by atoms with Crippen LogP contribution >= 0.6 is 0 Å². The average molecular weight is 497 g/mol. The molecule has 9 heteroatoms. The van der Waals surface area contributed by atoms with E-state index in [9.17, 15) is 9.59 Å². The Balaban J connectivity index is 1.28. The third-order valence-corrected chi connectivity index (χ3v) is 7.11. The van der Waals surface area contributed by atoms with E-state index in [1.165, 1.54) is 0 Å². The quantitative estimate of drug-likeness (QED) is 0.453. The molecule has 2 aromatic heterocycles. The molecule has 1 N–H and O–H groups in total. The van der Waals surface area contributed by atoms with E-state index in [0.717, 1.165) is 47.7 Å². The first-order valence-corrected chi connectivity index (χ1v) is 12.5. The number of fused-ring (bicyclic) bond motifs is 1. The number of hydrogen-bond acceptors (Lipinski definition) is 5. The molecule has 1 unspecified atom stereocenters. The highest BCUT2D eigenvalue weighted by Crippen LogP contribution is 2.34. The van der Waals surface area contributed by atoms with Crippen LogP contribution in [-0.2, 0) is 22.5 Å². The van der Waals surface area contributed by atoms with Crippen LogP contribution in [0.15, 0.2) is 67.3 Å². The number of benzene rings is 2. The number of imidazole rings is 1. The van der Waals surface area contributed by atoms with Crippen molar-refractivity contribution in [1.29, 1.82) is 0 Å². The van der Waals surface area contributed by atoms with E-state index in [1.54, 1.807) is 25.5 Å². The summed E-state index contributed by atoms with van der Waals surface area (Å²) in [6.07, 6.45) is 7.00. The molecular weight excluding hydrogens is 468 g/mol. The van der Waals surface area contributed by atoms with Crippen LogP contribution in [-0.4, -0.2) is 55.8 Å². The Morgan fingerprint density at radius 2 is 2.00 bits per heavy atom. The largest absolute Gasteiger partial charge is 0.379 e. The molecule has 37 heavy (non-hydrogen) atoms. The van der Waals surface area contributed by atoms with Crippen LogP contribution in [0.3, 0.4) is 0 Å². The predicted molar refractivity (Wildman–Crippen MR) is 138 cm³/mol. The summed E-state index contributed by atoms with van der Waals surface area (Å²) in [6, 6.07) is 15.3. The van der Waals surface area contributed by atoms with Gasteiger partial charge in [-0.1, -0.05) is 12.1 Å². The third-order valence-electron chi connectivity index (χ3n) is 7.11. The molecule has 2 aliphatic rings. The van der Waals surface area contributed by atoms with Gasteiger partial charge in [0.25, 0.3) is 5.91 Å². The molecule has 0 aliphatic carbocycles.